The van der Waals surface area contributed by atoms with Gasteiger partial charge < -0.3 is 10.4 Å². The van der Waals surface area contributed by atoms with E-state index < -0.39 is 12.0 Å². The zero-order chi connectivity index (χ0) is 13.3. The maximum atomic E-state index is 12.2. The van der Waals surface area contributed by atoms with Gasteiger partial charge in [0.1, 0.15) is 6.04 Å². The Kier molecular flexibility index (Phi) is 3.93. The Balaban J connectivity index is 1.91. The van der Waals surface area contributed by atoms with E-state index in [1.54, 1.807) is 0 Å². The second-order valence-corrected chi connectivity index (χ2v) is 6.31. The summed E-state index contributed by atoms with van der Waals surface area (Å²) in [5.41, 5.74) is 0. The predicted octanol–water partition coefficient (Wildman–Crippen LogP) is 2.04. The molecule has 0 aromatic carbocycles. The molecule has 0 heterocycles. The minimum atomic E-state index is -0.916. The number of fused-ring (bicyclic) bond motifs is 2. The van der Waals surface area contributed by atoms with Crippen molar-refractivity contribution in [2.24, 2.45) is 23.7 Å². The van der Waals surface area contributed by atoms with E-state index in [1.165, 1.54) is 12.8 Å². The molecular formula is C14H23NO3. The van der Waals surface area contributed by atoms with Crippen molar-refractivity contribution in [1.82, 2.24) is 5.32 Å². The minimum Gasteiger partial charge on any atom is -0.480 e. The van der Waals surface area contributed by atoms with Gasteiger partial charge in [-0.15, -0.1) is 0 Å². The maximum absolute atomic E-state index is 12.2. The number of hydrogen-bond donors (Lipinski definition) is 2. The zero-order valence-corrected chi connectivity index (χ0v) is 11.2. The van der Waals surface area contributed by atoms with E-state index in [0.717, 1.165) is 12.8 Å². The Hall–Kier alpha value is -1.06. The van der Waals surface area contributed by atoms with Crippen LogP contribution in [0.15, 0.2) is 0 Å². The van der Waals surface area contributed by atoms with E-state index >= 15 is 0 Å². The molecule has 2 aliphatic rings. The van der Waals surface area contributed by atoms with Crippen LogP contribution in [0.2, 0.25) is 0 Å². The van der Waals surface area contributed by atoms with Gasteiger partial charge in [0.2, 0.25) is 5.91 Å². The number of nitrogens with one attached hydrogen (secondary N) is 1. The summed E-state index contributed by atoms with van der Waals surface area (Å²) in [6, 6.07) is -0.725. The number of amides is 1. The first kappa shape index (κ1) is 13.4. The largest absolute Gasteiger partial charge is 0.480 e. The molecule has 0 spiro atoms. The van der Waals surface area contributed by atoms with E-state index in [9.17, 15) is 9.59 Å². The van der Waals surface area contributed by atoms with Gasteiger partial charge in [0.25, 0.3) is 0 Å². The molecule has 2 fully saturated rings. The lowest BCUT2D eigenvalue weighted by Crippen LogP contribution is -2.45. The summed E-state index contributed by atoms with van der Waals surface area (Å²) in [6.45, 7) is 3.94. The Morgan fingerprint density at radius 2 is 2.00 bits per heavy atom. The number of carboxylic acid groups (broad SMARTS) is 1. The van der Waals surface area contributed by atoms with E-state index in [2.05, 4.69) is 5.32 Å². The predicted molar refractivity (Wildman–Crippen MR) is 68.0 cm³/mol. The Labute approximate surface area is 108 Å². The summed E-state index contributed by atoms with van der Waals surface area (Å²) >= 11 is 0. The molecule has 0 aliphatic heterocycles. The van der Waals surface area contributed by atoms with Gasteiger partial charge in [0, 0.05) is 5.92 Å². The highest BCUT2D eigenvalue weighted by molar-refractivity contribution is 5.85. The van der Waals surface area contributed by atoms with Gasteiger partial charge in [0.15, 0.2) is 0 Å². The van der Waals surface area contributed by atoms with Crippen molar-refractivity contribution in [3.63, 3.8) is 0 Å². The Morgan fingerprint density at radius 3 is 2.44 bits per heavy atom. The Morgan fingerprint density at radius 1 is 1.28 bits per heavy atom. The van der Waals surface area contributed by atoms with E-state index in [0.29, 0.717) is 18.3 Å². The average Bonchev–Trinajstić information content (AvgIpc) is 2.88. The lowest BCUT2D eigenvalue weighted by Gasteiger charge is -2.24. The molecule has 4 nitrogen and oxygen atoms in total. The summed E-state index contributed by atoms with van der Waals surface area (Å²) < 4.78 is 0. The van der Waals surface area contributed by atoms with E-state index in [4.69, 9.17) is 5.11 Å². The second kappa shape index (κ2) is 5.29. The Bertz CT molecular complexity index is 340. The van der Waals surface area contributed by atoms with Crippen molar-refractivity contribution in [2.45, 2.75) is 52.0 Å². The van der Waals surface area contributed by atoms with Crippen LogP contribution in [0.3, 0.4) is 0 Å². The number of aliphatic carboxylic acids is 1. The summed E-state index contributed by atoms with van der Waals surface area (Å²) in [4.78, 5) is 23.3. The molecule has 2 bridgehead atoms. The molecule has 2 rings (SSSR count). The normalized spacial score (nSPS) is 31.6. The van der Waals surface area contributed by atoms with Gasteiger partial charge in [-0.25, -0.2) is 4.79 Å². The van der Waals surface area contributed by atoms with Crippen LogP contribution in [0.5, 0.6) is 0 Å². The molecule has 4 atom stereocenters. The van der Waals surface area contributed by atoms with Crippen LogP contribution in [0.1, 0.15) is 46.0 Å². The molecular weight excluding hydrogens is 230 g/mol. The molecule has 4 unspecified atom stereocenters. The fraction of sp³-hybridized carbons (Fsp3) is 0.857. The fourth-order valence-electron chi connectivity index (χ4n) is 3.54. The summed E-state index contributed by atoms with van der Waals surface area (Å²) in [6.07, 6.45) is 5.03. The molecule has 0 radical (unpaired) electrons. The first-order valence-electron chi connectivity index (χ1n) is 7.00. The van der Waals surface area contributed by atoms with Crippen LogP contribution in [-0.2, 0) is 9.59 Å². The number of rotatable bonds is 5. The van der Waals surface area contributed by atoms with Gasteiger partial charge in [0.05, 0.1) is 0 Å². The molecule has 2 saturated carbocycles. The number of carboxylic acids is 1. The summed E-state index contributed by atoms with van der Waals surface area (Å²) in [5, 5.41) is 11.9. The lowest BCUT2D eigenvalue weighted by atomic mass is 9.88. The third-order valence-corrected chi connectivity index (χ3v) is 4.40. The fourth-order valence-corrected chi connectivity index (χ4v) is 3.54. The van der Waals surface area contributed by atoms with Crippen LogP contribution in [0, 0.1) is 23.7 Å². The van der Waals surface area contributed by atoms with Crippen LogP contribution >= 0.6 is 0 Å². The van der Waals surface area contributed by atoms with Crippen molar-refractivity contribution in [3.05, 3.63) is 0 Å². The van der Waals surface area contributed by atoms with Crippen molar-refractivity contribution in [3.8, 4) is 0 Å². The molecule has 2 aliphatic carbocycles. The monoisotopic (exact) mass is 253 g/mol. The first-order valence-corrected chi connectivity index (χ1v) is 7.00. The quantitative estimate of drug-likeness (QED) is 0.788. The first-order chi connectivity index (χ1) is 8.47. The van der Waals surface area contributed by atoms with E-state index in [-0.39, 0.29) is 17.7 Å². The van der Waals surface area contributed by atoms with Crippen LogP contribution in [-0.4, -0.2) is 23.0 Å². The summed E-state index contributed by atoms with van der Waals surface area (Å²) in [5.74, 6) is 0.599. The molecule has 18 heavy (non-hydrogen) atoms. The minimum absolute atomic E-state index is 0.0322. The van der Waals surface area contributed by atoms with Gasteiger partial charge in [-0.3, -0.25) is 4.79 Å². The SMILES string of the molecule is CC(C)CC(NC(=O)C1CC2CCC1C2)C(=O)O. The topological polar surface area (TPSA) is 66.4 Å². The highest BCUT2D eigenvalue weighted by Crippen LogP contribution is 2.48. The van der Waals surface area contributed by atoms with Crippen LogP contribution in [0.25, 0.3) is 0 Å². The standard InChI is InChI=1S/C14H23NO3/c1-8(2)5-12(14(17)18)15-13(16)11-7-9-3-4-10(11)6-9/h8-12H,3-7H2,1-2H3,(H,15,16)(H,17,18). The molecule has 0 aromatic heterocycles. The molecule has 0 saturated heterocycles. The number of hydrogen-bond acceptors (Lipinski definition) is 2. The van der Waals surface area contributed by atoms with Crippen LogP contribution in [0.4, 0.5) is 0 Å². The van der Waals surface area contributed by atoms with Crippen molar-refractivity contribution in [2.75, 3.05) is 0 Å². The average molecular weight is 253 g/mol. The lowest BCUT2D eigenvalue weighted by molar-refractivity contribution is -0.143. The van der Waals surface area contributed by atoms with Gasteiger partial charge in [-0.2, -0.15) is 0 Å². The highest BCUT2D eigenvalue weighted by Gasteiger charge is 2.43. The highest BCUT2D eigenvalue weighted by atomic mass is 16.4. The van der Waals surface area contributed by atoms with E-state index in [1.807, 2.05) is 13.8 Å². The van der Waals surface area contributed by atoms with Crippen LogP contribution < -0.4 is 5.32 Å². The third-order valence-electron chi connectivity index (χ3n) is 4.40. The molecule has 0 aromatic rings. The molecule has 1 amide bonds. The summed E-state index contributed by atoms with van der Waals surface area (Å²) in [7, 11) is 0. The van der Waals surface area contributed by atoms with Crippen molar-refractivity contribution < 1.29 is 14.7 Å². The van der Waals surface area contributed by atoms with Crippen molar-refractivity contribution >= 4 is 11.9 Å². The number of carbonyl (C=O) groups excluding carboxylic acids is 1. The van der Waals surface area contributed by atoms with Crippen molar-refractivity contribution in [1.29, 1.82) is 0 Å². The smallest absolute Gasteiger partial charge is 0.326 e. The van der Waals surface area contributed by atoms with Gasteiger partial charge >= 0.3 is 5.97 Å². The second-order valence-electron chi connectivity index (χ2n) is 6.31. The molecule has 2 N–H and O–H groups in total. The molecule has 102 valence electrons. The number of carbonyl (C=O) groups is 2. The third kappa shape index (κ3) is 2.85. The maximum Gasteiger partial charge on any atom is 0.326 e. The van der Waals surface area contributed by atoms with Gasteiger partial charge in [-0.05, 0) is 43.4 Å². The molecule has 4 heteroatoms. The van der Waals surface area contributed by atoms with Gasteiger partial charge in [-0.1, -0.05) is 20.3 Å². The zero-order valence-electron chi connectivity index (χ0n) is 11.2.